The molecule has 2 saturated heterocycles. The summed E-state index contributed by atoms with van der Waals surface area (Å²) in [5.41, 5.74) is -0.828. The molecule has 2 heterocycles. The van der Waals surface area contributed by atoms with E-state index >= 15 is 0 Å². The summed E-state index contributed by atoms with van der Waals surface area (Å²) in [7, 11) is 0. The fourth-order valence-electron chi connectivity index (χ4n) is 3.38. The summed E-state index contributed by atoms with van der Waals surface area (Å²) in [6.07, 6.45) is 3.79. The molecule has 0 spiro atoms. The van der Waals surface area contributed by atoms with E-state index in [0.717, 1.165) is 45.4 Å². The van der Waals surface area contributed by atoms with Gasteiger partial charge in [0.2, 0.25) is 0 Å². The third-order valence-corrected chi connectivity index (χ3v) is 4.61. The topological polar surface area (TPSA) is 41.9 Å². The number of nitrogens with zero attached hydrogens (tertiary/aromatic N) is 1. The molecule has 2 aliphatic rings. The Balaban J connectivity index is 1.55. The Hall–Kier alpha value is -1.17. The van der Waals surface area contributed by atoms with Gasteiger partial charge < -0.3 is 14.6 Å². The zero-order chi connectivity index (χ0) is 15.4. The van der Waals surface area contributed by atoms with E-state index in [4.69, 9.17) is 9.47 Å². The molecule has 0 saturated carbocycles. The SMILES string of the molecule is O[C@]1(COc2ccc(F)cc2)CCCN(C2CCOCC2)C1. The van der Waals surface area contributed by atoms with Crippen molar-refractivity contribution in [2.24, 2.45) is 0 Å². The maximum absolute atomic E-state index is 12.9. The van der Waals surface area contributed by atoms with Crippen LogP contribution in [0.25, 0.3) is 0 Å². The fourth-order valence-corrected chi connectivity index (χ4v) is 3.38. The lowest BCUT2D eigenvalue weighted by molar-refractivity contribution is -0.0814. The Labute approximate surface area is 130 Å². The molecule has 1 aromatic carbocycles. The van der Waals surface area contributed by atoms with Crippen molar-refractivity contribution in [2.45, 2.75) is 37.3 Å². The Morgan fingerprint density at radius 1 is 1.27 bits per heavy atom. The Morgan fingerprint density at radius 2 is 2.00 bits per heavy atom. The molecule has 0 radical (unpaired) electrons. The molecule has 1 N–H and O–H groups in total. The maximum Gasteiger partial charge on any atom is 0.123 e. The van der Waals surface area contributed by atoms with Crippen molar-refractivity contribution in [1.29, 1.82) is 0 Å². The summed E-state index contributed by atoms with van der Waals surface area (Å²) in [5, 5.41) is 10.8. The third-order valence-electron chi connectivity index (χ3n) is 4.61. The molecule has 0 amide bonds. The van der Waals surface area contributed by atoms with Crippen molar-refractivity contribution in [3.63, 3.8) is 0 Å². The van der Waals surface area contributed by atoms with Gasteiger partial charge in [0.25, 0.3) is 0 Å². The van der Waals surface area contributed by atoms with Crippen LogP contribution >= 0.6 is 0 Å². The Kier molecular flexibility index (Phi) is 4.96. The van der Waals surface area contributed by atoms with Crippen LogP contribution in [0.5, 0.6) is 5.75 Å². The lowest BCUT2D eigenvalue weighted by atomic mass is 9.91. The van der Waals surface area contributed by atoms with Crippen molar-refractivity contribution >= 4 is 0 Å². The summed E-state index contributed by atoms with van der Waals surface area (Å²) in [4.78, 5) is 2.38. The number of halogens is 1. The van der Waals surface area contributed by atoms with Crippen LogP contribution < -0.4 is 4.74 Å². The monoisotopic (exact) mass is 309 g/mol. The summed E-state index contributed by atoms with van der Waals surface area (Å²) in [5.74, 6) is 0.312. The number of rotatable bonds is 4. The van der Waals surface area contributed by atoms with E-state index in [9.17, 15) is 9.50 Å². The van der Waals surface area contributed by atoms with E-state index in [-0.39, 0.29) is 12.4 Å². The number of hydrogen-bond acceptors (Lipinski definition) is 4. The van der Waals surface area contributed by atoms with Gasteiger partial charge in [-0.2, -0.15) is 0 Å². The first-order chi connectivity index (χ1) is 10.6. The van der Waals surface area contributed by atoms with Gasteiger partial charge in [0.05, 0.1) is 0 Å². The maximum atomic E-state index is 12.9. The minimum atomic E-state index is -0.828. The van der Waals surface area contributed by atoms with E-state index in [1.165, 1.54) is 12.1 Å². The van der Waals surface area contributed by atoms with E-state index in [2.05, 4.69) is 4.90 Å². The normalized spacial score (nSPS) is 27.7. The number of benzene rings is 1. The first-order valence-corrected chi connectivity index (χ1v) is 8.07. The van der Waals surface area contributed by atoms with Crippen LogP contribution in [0.4, 0.5) is 4.39 Å². The van der Waals surface area contributed by atoms with Gasteiger partial charge in [0.1, 0.15) is 23.8 Å². The van der Waals surface area contributed by atoms with Crippen molar-refractivity contribution < 1.29 is 19.0 Å². The van der Waals surface area contributed by atoms with Gasteiger partial charge >= 0.3 is 0 Å². The van der Waals surface area contributed by atoms with Gasteiger partial charge in [0, 0.05) is 25.8 Å². The van der Waals surface area contributed by atoms with Crippen molar-refractivity contribution in [3.05, 3.63) is 30.1 Å². The second-order valence-electron chi connectivity index (χ2n) is 6.38. The lowest BCUT2D eigenvalue weighted by Gasteiger charge is -2.43. The second-order valence-corrected chi connectivity index (χ2v) is 6.38. The number of piperidine rings is 1. The summed E-state index contributed by atoms with van der Waals surface area (Å²) < 4.78 is 24.0. The predicted octanol–water partition coefficient (Wildman–Crippen LogP) is 2.21. The zero-order valence-corrected chi connectivity index (χ0v) is 12.8. The summed E-state index contributed by atoms with van der Waals surface area (Å²) >= 11 is 0. The molecule has 0 aromatic heterocycles. The van der Waals surface area contributed by atoms with Crippen LogP contribution in [-0.2, 0) is 4.74 Å². The van der Waals surface area contributed by atoms with E-state index < -0.39 is 5.60 Å². The number of ether oxygens (including phenoxy) is 2. The summed E-state index contributed by atoms with van der Waals surface area (Å²) in [6.45, 7) is 3.54. The Bertz CT molecular complexity index is 475. The van der Waals surface area contributed by atoms with E-state index in [1.54, 1.807) is 12.1 Å². The average molecular weight is 309 g/mol. The standard InChI is InChI=1S/C17H24FNO3/c18-14-2-4-16(5-3-14)22-13-17(20)8-1-9-19(12-17)15-6-10-21-11-7-15/h2-5,15,20H,1,6-13H2/t17-/m1/s1. The van der Waals surface area contributed by atoms with Gasteiger partial charge in [-0.25, -0.2) is 4.39 Å². The zero-order valence-electron chi connectivity index (χ0n) is 12.8. The first kappa shape index (κ1) is 15.7. The molecule has 2 aliphatic heterocycles. The molecule has 2 fully saturated rings. The van der Waals surface area contributed by atoms with Crippen LogP contribution in [0.1, 0.15) is 25.7 Å². The largest absolute Gasteiger partial charge is 0.491 e. The van der Waals surface area contributed by atoms with Gasteiger partial charge in [-0.1, -0.05) is 0 Å². The highest BCUT2D eigenvalue weighted by Gasteiger charge is 2.37. The molecule has 1 atom stereocenters. The summed E-state index contributed by atoms with van der Waals surface area (Å²) in [6, 6.07) is 6.44. The number of β-amino-alcohol motifs (C(OH)–C–C–N with tert-alkyl or cyclic N) is 1. The molecular formula is C17H24FNO3. The van der Waals surface area contributed by atoms with Crippen LogP contribution in [0.3, 0.4) is 0 Å². The van der Waals surface area contributed by atoms with Crippen LogP contribution in [-0.4, -0.2) is 54.6 Å². The third kappa shape index (κ3) is 3.97. The molecule has 0 aliphatic carbocycles. The minimum Gasteiger partial charge on any atom is -0.491 e. The van der Waals surface area contributed by atoms with Gasteiger partial charge in [-0.3, -0.25) is 4.90 Å². The predicted molar refractivity (Wildman–Crippen MR) is 81.5 cm³/mol. The molecule has 0 bridgehead atoms. The van der Waals surface area contributed by atoms with Crippen LogP contribution in [0.2, 0.25) is 0 Å². The van der Waals surface area contributed by atoms with Crippen molar-refractivity contribution in [2.75, 3.05) is 32.9 Å². The van der Waals surface area contributed by atoms with E-state index in [1.807, 2.05) is 0 Å². The van der Waals surface area contributed by atoms with Crippen LogP contribution in [0, 0.1) is 5.82 Å². The number of likely N-dealkylation sites (tertiary alicyclic amines) is 1. The average Bonchev–Trinajstić information content (AvgIpc) is 2.55. The number of hydrogen-bond donors (Lipinski definition) is 1. The molecule has 5 heteroatoms. The highest BCUT2D eigenvalue weighted by molar-refractivity contribution is 5.22. The minimum absolute atomic E-state index is 0.248. The molecule has 3 rings (SSSR count). The van der Waals surface area contributed by atoms with E-state index in [0.29, 0.717) is 18.3 Å². The van der Waals surface area contributed by atoms with Gasteiger partial charge in [0.15, 0.2) is 0 Å². The molecule has 22 heavy (non-hydrogen) atoms. The Morgan fingerprint density at radius 3 is 2.73 bits per heavy atom. The van der Waals surface area contributed by atoms with Gasteiger partial charge in [-0.05, 0) is 56.5 Å². The fraction of sp³-hybridized carbons (Fsp3) is 0.647. The smallest absolute Gasteiger partial charge is 0.123 e. The highest BCUT2D eigenvalue weighted by atomic mass is 19.1. The highest BCUT2D eigenvalue weighted by Crippen LogP contribution is 2.27. The van der Waals surface area contributed by atoms with Gasteiger partial charge in [-0.15, -0.1) is 0 Å². The first-order valence-electron chi connectivity index (χ1n) is 8.07. The molecule has 122 valence electrons. The molecule has 0 unspecified atom stereocenters. The molecule has 4 nitrogen and oxygen atoms in total. The molecule has 1 aromatic rings. The van der Waals surface area contributed by atoms with Crippen molar-refractivity contribution in [1.82, 2.24) is 4.90 Å². The van der Waals surface area contributed by atoms with Crippen molar-refractivity contribution in [3.8, 4) is 5.75 Å². The quantitative estimate of drug-likeness (QED) is 0.926. The molecular weight excluding hydrogens is 285 g/mol. The second kappa shape index (κ2) is 6.94. The lowest BCUT2D eigenvalue weighted by Crippen LogP contribution is -2.55. The van der Waals surface area contributed by atoms with Crippen LogP contribution in [0.15, 0.2) is 24.3 Å². The number of aliphatic hydroxyl groups is 1.